The molecular formula is C13H7BrClFO. The van der Waals surface area contributed by atoms with Crippen molar-refractivity contribution in [3.8, 4) is 11.1 Å². The monoisotopic (exact) mass is 312 g/mol. The Balaban J connectivity index is 2.70. The first-order valence-electron chi connectivity index (χ1n) is 4.82. The molecule has 86 valence electrons. The molecule has 17 heavy (non-hydrogen) atoms. The number of carbonyl (C=O) groups is 1. The molecule has 0 radical (unpaired) electrons. The van der Waals surface area contributed by atoms with Crippen molar-refractivity contribution in [1.82, 2.24) is 0 Å². The molecule has 0 amide bonds. The third-order valence-corrected chi connectivity index (χ3v) is 3.18. The molecule has 0 heterocycles. The normalized spacial score (nSPS) is 10.3. The number of rotatable bonds is 2. The summed E-state index contributed by atoms with van der Waals surface area (Å²) in [6.45, 7) is 0. The van der Waals surface area contributed by atoms with Crippen LogP contribution >= 0.6 is 27.5 Å². The summed E-state index contributed by atoms with van der Waals surface area (Å²) in [6.07, 6.45) is 0.687. The maximum Gasteiger partial charge on any atom is 0.150 e. The van der Waals surface area contributed by atoms with E-state index < -0.39 is 5.82 Å². The molecule has 0 saturated heterocycles. The third-order valence-electron chi connectivity index (χ3n) is 2.36. The molecular weight excluding hydrogens is 306 g/mol. The van der Waals surface area contributed by atoms with Crippen molar-refractivity contribution < 1.29 is 9.18 Å². The van der Waals surface area contributed by atoms with Crippen LogP contribution in [-0.2, 0) is 0 Å². The molecule has 2 aromatic carbocycles. The molecule has 2 rings (SSSR count). The van der Waals surface area contributed by atoms with Crippen LogP contribution in [0.5, 0.6) is 0 Å². The summed E-state index contributed by atoms with van der Waals surface area (Å²) >= 11 is 9.37. The summed E-state index contributed by atoms with van der Waals surface area (Å²) in [7, 11) is 0. The van der Waals surface area contributed by atoms with Crippen LogP contribution in [0, 0.1) is 5.82 Å². The van der Waals surface area contributed by atoms with E-state index in [0.717, 1.165) is 4.47 Å². The number of halogens is 3. The van der Waals surface area contributed by atoms with Crippen molar-refractivity contribution in [1.29, 1.82) is 0 Å². The highest BCUT2D eigenvalue weighted by Gasteiger charge is 2.10. The second-order valence-corrected chi connectivity index (χ2v) is 4.80. The Morgan fingerprint density at radius 2 is 1.88 bits per heavy atom. The quantitative estimate of drug-likeness (QED) is 0.733. The van der Waals surface area contributed by atoms with E-state index in [-0.39, 0.29) is 0 Å². The highest BCUT2D eigenvalue weighted by Crippen LogP contribution is 2.32. The zero-order valence-electron chi connectivity index (χ0n) is 8.58. The Morgan fingerprint density at radius 1 is 1.12 bits per heavy atom. The minimum absolute atomic E-state index is 0.401. The summed E-state index contributed by atoms with van der Waals surface area (Å²) in [4.78, 5) is 10.9. The fourth-order valence-corrected chi connectivity index (χ4v) is 2.15. The van der Waals surface area contributed by atoms with E-state index in [1.165, 1.54) is 18.2 Å². The van der Waals surface area contributed by atoms with Gasteiger partial charge in [-0.3, -0.25) is 4.79 Å². The van der Waals surface area contributed by atoms with Gasteiger partial charge in [-0.1, -0.05) is 27.5 Å². The Bertz CT molecular complexity index is 584. The van der Waals surface area contributed by atoms with Gasteiger partial charge in [0, 0.05) is 20.6 Å². The maximum absolute atomic E-state index is 13.2. The molecule has 0 unspecified atom stereocenters. The molecule has 1 nitrogen and oxygen atoms in total. The highest BCUT2D eigenvalue weighted by molar-refractivity contribution is 9.10. The highest BCUT2D eigenvalue weighted by atomic mass is 79.9. The van der Waals surface area contributed by atoms with Crippen LogP contribution in [0.25, 0.3) is 11.1 Å². The standard InChI is InChI=1S/C13H7BrClFO/c14-9-2-4-13(15)12(5-9)11-6-10(16)3-1-8(11)7-17/h1-7H. The van der Waals surface area contributed by atoms with E-state index in [2.05, 4.69) is 15.9 Å². The van der Waals surface area contributed by atoms with Gasteiger partial charge in [0.2, 0.25) is 0 Å². The minimum atomic E-state index is -0.401. The van der Waals surface area contributed by atoms with Crippen LogP contribution < -0.4 is 0 Å². The van der Waals surface area contributed by atoms with Gasteiger partial charge in [0.15, 0.2) is 6.29 Å². The lowest BCUT2D eigenvalue weighted by atomic mass is 10.0. The molecule has 0 saturated carbocycles. The molecule has 0 N–H and O–H groups in total. The average molecular weight is 314 g/mol. The van der Waals surface area contributed by atoms with Crippen LogP contribution in [-0.4, -0.2) is 6.29 Å². The summed E-state index contributed by atoms with van der Waals surface area (Å²) in [5.74, 6) is -0.401. The Hall–Kier alpha value is -1.19. The molecule has 0 aliphatic heterocycles. The molecule has 0 aliphatic carbocycles. The average Bonchev–Trinajstić information content (AvgIpc) is 2.32. The van der Waals surface area contributed by atoms with Crippen molar-refractivity contribution in [3.05, 3.63) is 57.3 Å². The van der Waals surface area contributed by atoms with Crippen LogP contribution in [0.15, 0.2) is 40.9 Å². The minimum Gasteiger partial charge on any atom is -0.298 e. The van der Waals surface area contributed by atoms with E-state index in [1.807, 2.05) is 0 Å². The SMILES string of the molecule is O=Cc1ccc(F)cc1-c1cc(Br)ccc1Cl. The number of hydrogen-bond donors (Lipinski definition) is 0. The van der Waals surface area contributed by atoms with E-state index >= 15 is 0 Å². The third kappa shape index (κ3) is 2.56. The number of benzene rings is 2. The van der Waals surface area contributed by atoms with E-state index in [1.54, 1.807) is 18.2 Å². The molecule has 0 fully saturated rings. The smallest absolute Gasteiger partial charge is 0.150 e. The molecule has 0 atom stereocenters. The van der Waals surface area contributed by atoms with Gasteiger partial charge >= 0.3 is 0 Å². The topological polar surface area (TPSA) is 17.1 Å². The van der Waals surface area contributed by atoms with Crippen molar-refractivity contribution in [3.63, 3.8) is 0 Å². The van der Waals surface area contributed by atoms with Gasteiger partial charge in [-0.15, -0.1) is 0 Å². The number of carbonyl (C=O) groups excluding carboxylic acids is 1. The zero-order chi connectivity index (χ0) is 12.4. The van der Waals surface area contributed by atoms with Crippen molar-refractivity contribution in [2.24, 2.45) is 0 Å². The number of hydrogen-bond acceptors (Lipinski definition) is 1. The predicted molar refractivity (Wildman–Crippen MR) is 69.9 cm³/mol. The van der Waals surface area contributed by atoms with Gasteiger partial charge in [0.05, 0.1) is 0 Å². The van der Waals surface area contributed by atoms with Crippen LogP contribution in [0.4, 0.5) is 4.39 Å². The molecule has 0 bridgehead atoms. The van der Waals surface area contributed by atoms with E-state index in [0.29, 0.717) is 28.0 Å². The van der Waals surface area contributed by atoms with E-state index in [4.69, 9.17) is 11.6 Å². The van der Waals surface area contributed by atoms with Gasteiger partial charge in [0.1, 0.15) is 5.82 Å². The Kier molecular flexibility index (Phi) is 3.60. The largest absolute Gasteiger partial charge is 0.298 e. The summed E-state index contributed by atoms with van der Waals surface area (Å²) in [6, 6.07) is 9.22. The van der Waals surface area contributed by atoms with Crippen LogP contribution in [0.3, 0.4) is 0 Å². The van der Waals surface area contributed by atoms with Crippen molar-refractivity contribution in [2.75, 3.05) is 0 Å². The maximum atomic E-state index is 13.2. The van der Waals surface area contributed by atoms with Gasteiger partial charge in [-0.05, 0) is 42.0 Å². The molecule has 0 aliphatic rings. The second kappa shape index (κ2) is 4.98. The lowest BCUT2D eigenvalue weighted by Crippen LogP contribution is -1.90. The predicted octanol–water partition coefficient (Wildman–Crippen LogP) is 4.72. The van der Waals surface area contributed by atoms with Gasteiger partial charge in [-0.25, -0.2) is 4.39 Å². The van der Waals surface area contributed by atoms with Gasteiger partial charge in [-0.2, -0.15) is 0 Å². The molecule has 2 aromatic rings. The van der Waals surface area contributed by atoms with Crippen molar-refractivity contribution >= 4 is 33.8 Å². The summed E-state index contributed by atoms with van der Waals surface area (Å²) in [5, 5.41) is 0.474. The van der Waals surface area contributed by atoms with Gasteiger partial charge in [0.25, 0.3) is 0 Å². The summed E-state index contributed by atoms with van der Waals surface area (Å²) in [5.41, 5.74) is 1.53. The lowest BCUT2D eigenvalue weighted by Gasteiger charge is -2.08. The first-order valence-corrected chi connectivity index (χ1v) is 5.99. The first-order chi connectivity index (χ1) is 8.11. The molecule has 4 heteroatoms. The second-order valence-electron chi connectivity index (χ2n) is 3.47. The lowest BCUT2D eigenvalue weighted by molar-refractivity contribution is 0.112. The fraction of sp³-hybridized carbons (Fsp3) is 0. The zero-order valence-corrected chi connectivity index (χ0v) is 10.9. The van der Waals surface area contributed by atoms with Crippen molar-refractivity contribution in [2.45, 2.75) is 0 Å². The van der Waals surface area contributed by atoms with E-state index in [9.17, 15) is 9.18 Å². The van der Waals surface area contributed by atoms with Crippen LogP contribution in [0.1, 0.15) is 10.4 Å². The Morgan fingerprint density at radius 3 is 2.59 bits per heavy atom. The van der Waals surface area contributed by atoms with Crippen LogP contribution in [0.2, 0.25) is 5.02 Å². The number of aldehydes is 1. The molecule has 0 spiro atoms. The van der Waals surface area contributed by atoms with Gasteiger partial charge < -0.3 is 0 Å². The Labute approximate surface area is 111 Å². The summed E-state index contributed by atoms with van der Waals surface area (Å²) < 4.78 is 14.0. The first kappa shape index (κ1) is 12.3. The fourth-order valence-electron chi connectivity index (χ4n) is 1.57. The molecule has 0 aromatic heterocycles.